The normalized spacial score (nSPS) is 12.4. The Hall–Kier alpha value is -6.80. The molecule has 252 valence electrons. The Morgan fingerprint density at radius 3 is 1.55 bits per heavy atom. The second-order valence-electron chi connectivity index (χ2n) is 15.0. The van der Waals surface area contributed by atoms with Gasteiger partial charge in [-0.05, 0) is 127 Å². The summed E-state index contributed by atoms with van der Waals surface area (Å²) in [4.78, 5) is 0. The first kappa shape index (κ1) is 29.6. The van der Waals surface area contributed by atoms with Crippen LogP contribution in [0.25, 0.3) is 129 Å². The second-order valence-corrected chi connectivity index (χ2v) is 16.1. The molecule has 1 aromatic heterocycles. The average molecular weight is 711 g/mol. The quantitative estimate of drug-likeness (QED) is 0.160. The van der Waals surface area contributed by atoms with Gasteiger partial charge in [-0.2, -0.15) is 0 Å². The lowest BCUT2D eigenvalue weighted by Gasteiger charge is -2.19. The fourth-order valence-corrected chi connectivity index (χ4v) is 11.4. The van der Waals surface area contributed by atoms with Gasteiger partial charge in [0.1, 0.15) is 0 Å². The van der Waals surface area contributed by atoms with E-state index in [1.54, 1.807) is 0 Å². The molecule has 13 aromatic rings. The maximum atomic E-state index is 2.53. The molecule has 0 spiro atoms. The molecule has 0 nitrogen and oxygen atoms in total. The summed E-state index contributed by atoms with van der Waals surface area (Å²) in [6.45, 7) is 0. The minimum Gasteiger partial charge on any atom is -0.135 e. The van der Waals surface area contributed by atoms with Crippen LogP contribution in [0.1, 0.15) is 0 Å². The van der Waals surface area contributed by atoms with E-state index in [9.17, 15) is 0 Å². The molecule has 55 heavy (non-hydrogen) atoms. The predicted octanol–water partition coefficient (Wildman–Crippen LogP) is 16.0. The predicted molar refractivity (Wildman–Crippen MR) is 241 cm³/mol. The zero-order chi connectivity index (χ0) is 35.8. The van der Waals surface area contributed by atoms with E-state index in [1.807, 2.05) is 11.3 Å². The van der Waals surface area contributed by atoms with E-state index in [-0.39, 0.29) is 0 Å². The minimum absolute atomic E-state index is 1.25. The van der Waals surface area contributed by atoms with Gasteiger partial charge in [0, 0.05) is 20.2 Å². The fraction of sp³-hybridized carbons (Fsp3) is 0. The molecule has 0 fully saturated rings. The Bertz CT molecular complexity index is 3680. The molecule has 0 aliphatic heterocycles. The van der Waals surface area contributed by atoms with Crippen molar-refractivity contribution < 1.29 is 0 Å². The molecule has 0 N–H and O–H groups in total. The third-order valence-corrected chi connectivity index (χ3v) is 13.5. The molecule has 0 aliphatic carbocycles. The van der Waals surface area contributed by atoms with Gasteiger partial charge in [0.05, 0.1) is 0 Å². The number of thiophene rings is 1. The van der Waals surface area contributed by atoms with Crippen molar-refractivity contribution in [2.75, 3.05) is 0 Å². The van der Waals surface area contributed by atoms with Crippen molar-refractivity contribution in [3.63, 3.8) is 0 Å². The lowest BCUT2D eigenvalue weighted by molar-refractivity contribution is 1.68. The third kappa shape index (κ3) is 3.85. The van der Waals surface area contributed by atoms with Crippen LogP contribution >= 0.6 is 11.3 Å². The van der Waals surface area contributed by atoms with E-state index in [0.29, 0.717) is 0 Å². The average Bonchev–Trinajstić information content (AvgIpc) is 3.90. The van der Waals surface area contributed by atoms with Crippen molar-refractivity contribution in [2.45, 2.75) is 0 Å². The summed E-state index contributed by atoms with van der Waals surface area (Å²) in [7, 11) is 0. The Labute approximate surface area is 320 Å². The molecule has 0 atom stereocenters. The van der Waals surface area contributed by atoms with Gasteiger partial charge >= 0.3 is 0 Å². The number of benzene rings is 10. The molecule has 1 heteroatoms. The molecule has 0 radical (unpaired) electrons. The minimum atomic E-state index is 1.25. The zero-order valence-corrected chi connectivity index (χ0v) is 30.5. The Balaban J connectivity index is 1.29. The smallest absolute Gasteiger partial charge is 0.0361 e. The van der Waals surface area contributed by atoms with Gasteiger partial charge in [-0.15, -0.1) is 11.3 Å². The molecule has 1 heterocycles. The zero-order valence-electron chi connectivity index (χ0n) is 29.7. The first-order valence-corrected chi connectivity index (χ1v) is 19.9. The molecule has 12 aromatic carbocycles. The van der Waals surface area contributed by atoms with Crippen LogP contribution in [-0.4, -0.2) is 0 Å². The maximum Gasteiger partial charge on any atom is 0.0361 e. The van der Waals surface area contributed by atoms with Crippen molar-refractivity contribution in [3.8, 4) is 33.4 Å². The standard InChI is InChI=1S/C54H30S/c1-3-14-31(15-4-1)47-44-30-43-34-19-8-7-18-33(34)36-21-11-24-40(50(36)43)52(44)48(32-16-5-2-6-17-32)54-41-25-12-22-37-35(28-29-42(49(37)41)53(47)54)38-23-13-27-46-51(38)39-20-9-10-26-45(39)55-46/h1-30H. The highest BCUT2D eigenvalue weighted by atomic mass is 32.1. The molecule has 0 amide bonds. The fourth-order valence-electron chi connectivity index (χ4n) is 10.2. The number of fused-ring (bicyclic) bond motifs is 11. The molecule has 0 bridgehead atoms. The highest BCUT2D eigenvalue weighted by molar-refractivity contribution is 7.26. The van der Waals surface area contributed by atoms with E-state index in [0.717, 1.165) is 0 Å². The van der Waals surface area contributed by atoms with E-state index >= 15 is 0 Å². The van der Waals surface area contributed by atoms with Crippen molar-refractivity contribution >= 4 is 107 Å². The summed E-state index contributed by atoms with van der Waals surface area (Å²) in [6, 6.07) is 68.3. The van der Waals surface area contributed by atoms with E-state index in [2.05, 4.69) is 182 Å². The first-order chi connectivity index (χ1) is 27.3. The van der Waals surface area contributed by atoms with Gasteiger partial charge in [0.15, 0.2) is 0 Å². The Morgan fingerprint density at radius 2 is 0.764 bits per heavy atom. The molecule has 0 aliphatic rings. The monoisotopic (exact) mass is 710 g/mol. The van der Waals surface area contributed by atoms with Crippen molar-refractivity contribution in [2.24, 2.45) is 0 Å². The van der Waals surface area contributed by atoms with Crippen LogP contribution < -0.4 is 0 Å². The summed E-state index contributed by atoms with van der Waals surface area (Å²) in [5, 5.41) is 21.3. The topological polar surface area (TPSA) is 0 Å². The van der Waals surface area contributed by atoms with Gasteiger partial charge < -0.3 is 0 Å². The van der Waals surface area contributed by atoms with Crippen LogP contribution in [0.15, 0.2) is 182 Å². The van der Waals surface area contributed by atoms with Crippen molar-refractivity contribution in [1.29, 1.82) is 0 Å². The van der Waals surface area contributed by atoms with Gasteiger partial charge in [-0.3, -0.25) is 0 Å². The Kier molecular flexibility index (Phi) is 5.86. The lowest BCUT2D eigenvalue weighted by atomic mass is 9.84. The van der Waals surface area contributed by atoms with Crippen LogP contribution in [-0.2, 0) is 0 Å². The van der Waals surface area contributed by atoms with Crippen LogP contribution in [0.4, 0.5) is 0 Å². The third-order valence-electron chi connectivity index (χ3n) is 12.3. The van der Waals surface area contributed by atoms with E-state index in [4.69, 9.17) is 0 Å². The summed E-state index contributed by atoms with van der Waals surface area (Å²) in [6.07, 6.45) is 0. The first-order valence-electron chi connectivity index (χ1n) is 19.1. The second kappa shape index (κ2) is 10.9. The van der Waals surface area contributed by atoms with Gasteiger partial charge in [-0.25, -0.2) is 0 Å². The van der Waals surface area contributed by atoms with E-state index < -0.39 is 0 Å². The Morgan fingerprint density at radius 1 is 0.236 bits per heavy atom. The number of hydrogen-bond donors (Lipinski definition) is 0. The van der Waals surface area contributed by atoms with Gasteiger partial charge in [0.2, 0.25) is 0 Å². The maximum absolute atomic E-state index is 2.53. The summed E-state index contributed by atoms with van der Waals surface area (Å²) in [5.41, 5.74) is 7.72. The largest absolute Gasteiger partial charge is 0.135 e. The molecule has 0 saturated heterocycles. The van der Waals surface area contributed by atoms with Crippen molar-refractivity contribution in [1.82, 2.24) is 0 Å². The van der Waals surface area contributed by atoms with Crippen LogP contribution in [0.2, 0.25) is 0 Å². The molecule has 13 rings (SSSR count). The summed E-state index contributed by atoms with van der Waals surface area (Å²) >= 11 is 1.89. The van der Waals surface area contributed by atoms with Crippen LogP contribution in [0.5, 0.6) is 0 Å². The van der Waals surface area contributed by atoms with Crippen LogP contribution in [0, 0.1) is 0 Å². The molecule has 0 saturated carbocycles. The highest BCUT2D eigenvalue weighted by Crippen LogP contribution is 2.55. The van der Waals surface area contributed by atoms with Crippen molar-refractivity contribution in [3.05, 3.63) is 182 Å². The number of hydrogen-bond acceptors (Lipinski definition) is 1. The molecule has 0 unspecified atom stereocenters. The lowest BCUT2D eigenvalue weighted by Crippen LogP contribution is -1.91. The SMILES string of the molecule is c1ccc(-c2c3cc4c5ccccc5c5cccc(c3c(-c3ccccc3)c3c6cccc7c(-c8cccc9sc%10ccccc%10c89)ccc(c23)c76)c54)cc1. The van der Waals surface area contributed by atoms with Gasteiger partial charge in [0.25, 0.3) is 0 Å². The molecular formula is C54H30S. The molecular weight excluding hydrogens is 681 g/mol. The van der Waals surface area contributed by atoms with Gasteiger partial charge in [-0.1, -0.05) is 164 Å². The summed E-state index contributed by atoms with van der Waals surface area (Å²) in [5.74, 6) is 0. The summed E-state index contributed by atoms with van der Waals surface area (Å²) < 4.78 is 2.67. The number of rotatable bonds is 3. The van der Waals surface area contributed by atoms with E-state index in [1.165, 1.54) is 129 Å². The van der Waals surface area contributed by atoms with Crippen LogP contribution in [0.3, 0.4) is 0 Å². The highest BCUT2D eigenvalue weighted by Gasteiger charge is 2.27.